The van der Waals surface area contributed by atoms with Crippen LogP contribution in [0.3, 0.4) is 0 Å². The molecule has 3 rings (SSSR count). The predicted molar refractivity (Wildman–Crippen MR) is 76.6 cm³/mol. The molecule has 0 aromatic carbocycles. The van der Waals surface area contributed by atoms with E-state index >= 15 is 0 Å². The van der Waals surface area contributed by atoms with E-state index in [-0.39, 0.29) is 5.92 Å². The first-order valence-corrected chi connectivity index (χ1v) is 7.30. The van der Waals surface area contributed by atoms with E-state index in [0.717, 1.165) is 35.2 Å². The van der Waals surface area contributed by atoms with Crippen molar-refractivity contribution in [3.05, 3.63) is 21.9 Å². The minimum Gasteiger partial charge on any atom is -0.481 e. The van der Waals surface area contributed by atoms with E-state index in [0.29, 0.717) is 6.54 Å². The summed E-state index contributed by atoms with van der Waals surface area (Å²) in [5, 5.41) is 9.56. The molecular weight excluding hydrogens is 343 g/mol. The number of carbonyl (C=O) groups is 1. The van der Waals surface area contributed by atoms with Crippen LogP contribution in [0.25, 0.3) is 0 Å². The van der Waals surface area contributed by atoms with Gasteiger partial charge >= 0.3 is 5.97 Å². The van der Waals surface area contributed by atoms with E-state index in [2.05, 4.69) is 32.5 Å². The van der Waals surface area contributed by atoms with E-state index in [1.807, 2.05) is 12.1 Å². The van der Waals surface area contributed by atoms with Crippen LogP contribution in [0.4, 0.5) is 5.82 Å². The molecule has 1 saturated carbocycles. The Morgan fingerprint density at radius 3 is 3.11 bits per heavy atom. The summed E-state index contributed by atoms with van der Waals surface area (Å²) in [5.41, 5.74) is -0.527. The zero-order valence-corrected chi connectivity index (χ0v) is 12.1. The third-order valence-electron chi connectivity index (χ3n) is 4.34. The van der Waals surface area contributed by atoms with Crippen LogP contribution in [-0.2, 0) is 4.79 Å². The number of nitrogens with zero attached hydrogens (tertiary/aromatic N) is 2. The van der Waals surface area contributed by atoms with Crippen molar-refractivity contribution < 1.29 is 9.90 Å². The second-order valence-corrected chi connectivity index (χ2v) is 6.40. The van der Waals surface area contributed by atoms with Gasteiger partial charge in [-0.3, -0.25) is 4.79 Å². The summed E-state index contributed by atoms with van der Waals surface area (Å²) < 4.78 is 1.09. The molecule has 2 atom stereocenters. The van der Waals surface area contributed by atoms with E-state index in [4.69, 9.17) is 0 Å². The lowest BCUT2D eigenvalue weighted by Crippen LogP contribution is -2.36. The average molecular weight is 358 g/mol. The van der Waals surface area contributed by atoms with Crippen molar-refractivity contribution >= 4 is 34.4 Å². The normalized spacial score (nSPS) is 30.5. The number of carboxylic acid groups (broad SMARTS) is 1. The van der Waals surface area contributed by atoms with E-state index < -0.39 is 11.4 Å². The molecule has 1 aliphatic heterocycles. The summed E-state index contributed by atoms with van der Waals surface area (Å²) in [4.78, 5) is 18.2. The van der Waals surface area contributed by atoms with Crippen molar-refractivity contribution in [3.63, 3.8) is 0 Å². The van der Waals surface area contributed by atoms with Crippen molar-refractivity contribution in [2.24, 2.45) is 11.3 Å². The molecule has 2 heterocycles. The quantitative estimate of drug-likeness (QED) is 0.825. The lowest BCUT2D eigenvalue weighted by molar-refractivity contribution is -0.149. The Bertz CT molecular complexity index is 494. The second kappa shape index (κ2) is 4.36. The van der Waals surface area contributed by atoms with Crippen LogP contribution >= 0.6 is 22.6 Å². The monoisotopic (exact) mass is 358 g/mol. The van der Waals surface area contributed by atoms with Crippen molar-refractivity contribution in [1.29, 1.82) is 0 Å². The number of halogens is 1. The smallest absolute Gasteiger partial charge is 0.311 e. The van der Waals surface area contributed by atoms with Gasteiger partial charge in [0, 0.05) is 19.3 Å². The molecule has 1 aromatic heterocycles. The van der Waals surface area contributed by atoms with Gasteiger partial charge in [-0.15, -0.1) is 0 Å². The Hall–Kier alpha value is -0.850. The molecule has 4 nitrogen and oxygen atoms in total. The molecule has 0 radical (unpaired) electrons. The van der Waals surface area contributed by atoms with Gasteiger partial charge in [-0.25, -0.2) is 4.98 Å². The van der Waals surface area contributed by atoms with Gasteiger partial charge in [-0.05, 0) is 53.5 Å². The molecule has 0 amide bonds. The molecule has 96 valence electrons. The van der Waals surface area contributed by atoms with Crippen LogP contribution in [0, 0.1) is 14.9 Å². The van der Waals surface area contributed by atoms with Crippen LogP contribution in [0.1, 0.15) is 19.3 Å². The molecule has 1 aliphatic carbocycles. The average Bonchev–Trinajstić information content (AvgIpc) is 2.86. The maximum Gasteiger partial charge on any atom is 0.311 e. The molecule has 1 saturated heterocycles. The van der Waals surface area contributed by atoms with Gasteiger partial charge in [-0.1, -0.05) is 6.42 Å². The number of aliphatic carboxylic acids is 1. The molecule has 1 aromatic rings. The Morgan fingerprint density at radius 2 is 2.44 bits per heavy atom. The van der Waals surface area contributed by atoms with Gasteiger partial charge in [0.05, 0.1) is 8.99 Å². The number of aromatic nitrogens is 1. The fourth-order valence-corrected chi connectivity index (χ4v) is 4.10. The second-order valence-electron chi connectivity index (χ2n) is 5.24. The van der Waals surface area contributed by atoms with Gasteiger partial charge < -0.3 is 10.0 Å². The number of carboxylic acids is 1. The number of pyridine rings is 1. The van der Waals surface area contributed by atoms with Crippen molar-refractivity contribution in [2.75, 3.05) is 18.0 Å². The lowest BCUT2D eigenvalue weighted by Gasteiger charge is -2.24. The van der Waals surface area contributed by atoms with Gasteiger partial charge in [0.25, 0.3) is 0 Å². The first-order valence-electron chi connectivity index (χ1n) is 6.22. The molecule has 0 spiro atoms. The third kappa shape index (κ3) is 1.71. The van der Waals surface area contributed by atoms with E-state index in [1.165, 1.54) is 0 Å². The highest BCUT2D eigenvalue weighted by molar-refractivity contribution is 14.1. The first kappa shape index (κ1) is 12.2. The topological polar surface area (TPSA) is 53.4 Å². The van der Waals surface area contributed by atoms with Crippen LogP contribution in [-0.4, -0.2) is 29.1 Å². The maximum atomic E-state index is 11.6. The zero-order valence-electron chi connectivity index (χ0n) is 9.97. The van der Waals surface area contributed by atoms with Gasteiger partial charge in [0.2, 0.25) is 0 Å². The predicted octanol–water partition coefficient (Wildman–Crippen LogP) is 2.38. The zero-order chi connectivity index (χ0) is 12.8. The molecule has 5 heteroatoms. The minimum atomic E-state index is -0.626. The van der Waals surface area contributed by atoms with Crippen LogP contribution < -0.4 is 4.90 Å². The highest BCUT2D eigenvalue weighted by Gasteiger charge is 2.55. The van der Waals surface area contributed by atoms with E-state index in [9.17, 15) is 9.90 Å². The summed E-state index contributed by atoms with van der Waals surface area (Å²) in [6.07, 6.45) is 4.67. The Balaban J connectivity index is 1.92. The SMILES string of the molecule is O=C(O)[C@@]12CCC[C@H]1CN(c1ncccc1I)C2. The number of rotatable bonds is 2. The molecule has 0 bridgehead atoms. The Kier molecular flexibility index (Phi) is 2.96. The highest BCUT2D eigenvalue weighted by atomic mass is 127. The Morgan fingerprint density at radius 1 is 1.61 bits per heavy atom. The largest absolute Gasteiger partial charge is 0.481 e. The van der Waals surface area contributed by atoms with Crippen LogP contribution in [0.15, 0.2) is 18.3 Å². The fourth-order valence-electron chi connectivity index (χ4n) is 3.41. The number of fused-ring (bicyclic) bond motifs is 1. The summed E-state index contributed by atoms with van der Waals surface area (Å²) in [6, 6.07) is 3.93. The standard InChI is InChI=1S/C13H15IN2O2/c14-10-4-2-6-15-11(10)16-7-9-3-1-5-13(9,8-16)12(17)18/h2,4,6,9H,1,3,5,7-8H2,(H,17,18)/t9-,13+/m0/s1. The third-order valence-corrected chi connectivity index (χ3v) is 5.18. The van der Waals surface area contributed by atoms with Gasteiger partial charge in [0.15, 0.2) is 0 Å². The van der Waals surface area contributed by atoms with Crippen molar-refractivity contribution in [1.82, 2.24) is 4.98 Å². The Labute approximate surface area is 120 Å². The molecule has 1 N–H and O–H groups in total. The lowest BCUT2D eigenvalue weighted by atomic mass is 9.81. The first-order chi connectivity index (χ1) is 8.63. The minimum absolute atomic E-state index is 0.285. The fraction of sp³-hybridized carbons (Fsp3) is 0.538. The van der Waals surface area contributed by atoms with Crippen LogP contribution in [0.5, 0.6) is 0 Å². The molecule has 18 heavy (non-hydrogen) atoms. The summed E-state index contributed by atoms with van der Waals surface area (Å²) >= 11 is 2.26. The summed E-state index contributed by atoms with van der Waals surface area (Å²) in [6.45, 7) is 1.44. The molecule has 2 fully saturated rings. The summed E-state index contributed by atoms with van der Waals surface area (Å²) in [5.74, 6) is 0.597. The highest BCUT2D eigenvalue weighted by Crippen LogP contribution is 2.49. The van der Waals surface area contributed by atoms with E-state index in [1.54, 1.807) is 6.20 Å². The van der Waals surface area contributed by atoms with Gasteiger partial charge in [-0.2, -0.15) is 0 Å². The molecule has 0 unspecified atom stereocenters. The summed E-state index contributed by atoms with van der Waals surface area (Å²) in [7, 11) is 0. The van der Waals surface area contributed by atoms with Crippen molar-refractivity contribution in [3.8, 4) is 0 Å². The number of anilines is 1. The number of hydrogen-bond donors (Lipinski definition) is 1. The van der Waals surface area contributed by atoms with Crippen LogP contribution in [0.2, 0.25) is 0 Å². The maximum absolute atomic E-state index is 11.6. The molecular formula is C13H15IN2O2. The van der Waals surface area contributed by atoms with Crippen molar-refractivity contribution in [2.45, 2.75) is 19.3 Å². The molecule has 2 aliphatic rings. The van der Waals surface area contributed by atoms with Gasteiger partial charge in [0.1, 0.15) is 5.82 Å². The number of hydrogen-bond acceptors (Lipinski definition) is 3.